The summed E-state index contributed by atoms with van der Waals surface area (Å²) in [5.41, 5.74) is 0.471. The fourth-order valence-electron chi connectivity index (χ4n) is 3.21. The maximum Gasteiger partial charge on any atom is 0.179 e. The Labute approximate surface area is 173 Å². The number of nitrogens with zero attached hydrogens (tertiary/aromatic N) is 3. The second-order valence-corrected chi connectivity index (χ2v) is 7.44. The van der Waals surface area contributed by atoms with Gasteiger partial charge in [0.2, 0.25) is 0 Å². The maximum absolute atomic E-state index is 11.8. The van der Waals surface area contributed by atoms with Gasteiger partial charge < -0.3 is 24.0 Å². The van der Waals surface area contributed by atoms with Gasteiger partial charge in [0.1, 0.15) is 34.8 Å². The largest absolute Gasteiger partial charge is 0.485 e. The molecule has 1 aliphatic heterocycles. The third-order valence-corrected chi connectivity index (χ3v) is 4.83. The van der Waals surface area contributed by atoms with Crippen LogP contribution in [0.25, 0.3) is 11.4 Å². The summed E-state index contributed by atoms with van der Waals surface area (Å²) in [5.74, 6) is 7.32. The number of aryl methyl sites for hydroxylation is 1. The number of rotatable bonds is 3. The summed E-state index contributed by atoms with van der Waals surface area (Å²) >= 11 is 0. The SMILES string of the molecule is CC(=O)c1cn2c(n1)-c1cc(C#CC(C)(O)c3cc(C)on3)ccc1OC(CO)C2. The average molecular weight is 407 g/mol. The van der Waals surface area contributed by atoms with E-state index in [9.17, 15) is 15.0 Å². The number of aromatic nitrogens is 3. The van der Waals surface area contributed by atoms with Crippen LogP contribution < -0.4 is 4.74 Å². The minimum Gasteiger partial charge on any atom is -0.485 e. The summed E-state index contributed by atoms with van der Waals surface area (Å²) in [7, 11) is 0. The van der Waals surface area contributed by atoms with E-state index < -0.39 is 11.7 Å². The van der Waals surface area contributed by atoms with Crippen molar-refractivity contribution in [2.24, 2.45) is 0 Å². The Morgan fingerprint density at radius 3 is 2.87 bits per heavy atom. The van der Waals surface area contributed by atoms with E-state index in [1.807, 2.05) is 0 Å². The number of fused-ring (bicyclic) bond motifs is 3. The van der Waals surface area contributed by atoms with Gasteiger partial charge >= 0.3 is 0 Å². The molecule has 2 N–H and O–H groups in total. The first kappa shape index (κ1) is 19.9. The standard InChI is InChI=1S/C22H21N3O5/c1-13-8-20(24-30-13)22(3,28)7-6-15-4-5-19-17(9-15)21-23-18(14(2)27)11-25(21)10-16(12-26)29-19/h4-5,8-9,11,16,26,28H,10,12H2,1-3H3. The molecule has 0 spiro atoms. The number of Topliss-reactive ketones (excluding diaryl/α,β-unsaturated/α-hetero) is 1. The molecule has 30 heavy (non-hydrogen) atoms. The van der Waals surface area contributed by atoms with Crippen molar-refractivity contribution in [3.63, 3.8) is 0 Å². The van der Waals surface area contributed by atoms with Crippen LogP contribution in [0.4, 0.5) is 0 Å². The van der Waals surface area contributed by atoms with Gasteiger partial charge in [-0.3, -0.25) is 4.79 Å². The number of carbonyl (C=O) groups is 1. The molecule has 0 bridgehead atoms. The minimum atomic E-state index is -1.48. The summed E-state index contributed by atoms with van der Waals surface area (Å²) in [6.45, 7) is 4.93. The number of aliphatic hydroxyl groups is 2. The minimum absolute atomic E-state index is 0.145. The second-order valence-electron chi connectivity index (χ2n) is 7.44. The summed E-state index contributed by atoms with van der Waals surface area (Å²) in [6.07, 6.45) is 1.20. The molecule has 0 fully saturated rings. The maximum atomic E-state index is 11.8. The van der Waals surface area contributed by atoms with Crippen LogP contribution in [-0.2, 0) is 12.1 Å². The van der Waals surface area contributed by atoms with E-state index in [0.29, 0.717) is 46.4 Å². The van der Waals surface area contributed by atoms with Crippen LogP contribution in [-0.4, -0.2) is 43.4 Å². The van der Waals surface area contributed by atoms with Gasteiger partial charge in [-0.05, 0) is 32.0 Å². The number of aliphatic hydroxyl groups excluding tert-OH is 1. The number of imidazole rings is 1. The average Bonchev–Trinajstić information content (AvgIpc) is 3.30. The lowest BCUT2D eigenvalue weighted by Gasteiger charge is -2.15. The Kier molecular flexibility index (Phi) is 4.94. The van der Waals surface area contributed by atoms with Crippen molar-refractivity contribution in [1.29, 1.82) is 0 Å². The normalized spacial score (nSPS) is 16.9. The third kappa shape index (κ3) is 3.73. The first-order valence-electron chi connectivity index (χ1n) is 9.46. The Bertz CT molecular complexity index is 1180. The molecule has 0 radical (unpaired) electrons. The van der Waals surface area contributed by atoms with Gasteiger partial charge in [-0.15, -0.1) is 0 Å². The highest BCUT2D eigenvalue weighted by molar-refractivity contribution is 5.92. The van der Waals surface area contributed by atoms with Crippen molar-refractivity contribution in [3.8, 4) is 29.0 Å². The van der Waals surface area contributed by atoms with Gasteiger partial charge in [0.15, 0.2) is 11.4 Å². The molecule has 0 saturated heterocycles. The van der Waals surface area contributed by atoms with E-state index in [1.165, 1.54) is 6.92 Å². The fraction of sp³-hybridized carbons (Fsp3) is 0.318. The predicted octanol–water partition coefficient (Wildman–Crippen LogP) is 2.06. The van der Waals surface area contributed by atoms with Gasteiger partial charge in [-0.2, -0.15) is 0 Å². The zero-order chi connectivity index (χ0) is 21.5. The highest BCUT2D eigenvalue weighted by Crippen LogP contribution is 2.34. The number of ether oxygens (including phenoxy) is 1. The molecule has 8 nitrogen and oxygen atoms in total. The van der Waals surface area contributed by atoms with Crippen LogP contribution in [0.15, 0.2) is 35.0 Å². The van der Waals surface area contributed by atoms with Crippen LogP contribution in [0.5, 0.6) is 5.75 Å². The molecule has 1 aromatic carbocycles. The Morgan fingerprint density at radius 2 is 2.20 bits per heavy atom. The van der Waals surface area contributed by atoms with E-state index in [-0.39, 0.29) is 12.4 Å². The molecule has 0 saturated carbocycles. The van der Waals surface area contributed by atoms with Gasteiger partial charge in [-0.1, -0.05) is 17.0 Å². The van der Waals surface area contributed by atoms with Crippen LogP contribution in [0.2, 0.25) is 0 Å². The number of hydrogen-bond donors (Lipinski definition) is 2. The molecule has 8 heteroatoms. The lowest BCUT2D eigenvalue weighted by atomic mass is 10.0. The zero-order valence-electron chi connectivity index (χ0n) is 16.8. The fourth-order valence-corrected chi connectivity index (χ4v) is 3.21. The van der Waals surface area contributed by atoms with Gasteiger partial charge in [0, 0.05) is 24.8 Å². The molecule has 1 aliphatic rings. The van der Waals surface area contributed by atoms with E-state index in [2.05, 4.69) is 22.0 Å². The molecule has 3 aromatic rings. The summed E-state index contributed by atoms with van der Waals surface area (Å²) in [6, 6.07) is 6.92. The van der Waals surface area contributed by atoms with Crippen molar-refractivity contribution in [1.82, 2.24) is 14.7 Å². The number of ketones is 1. The Morgan fingerprint density at radius 1 is 1.40 bits per heavy atom. The Balaban J connectivity index is 1.76. The summed E-state index contributed by atoms with van der Waals surface area (Å²) in [4.78, 5) is 16.3. The van der Waals surface area contributed by atoms with E-state index >= 15 is 0 Å². The molecule has 0 amide bonds. The lowest BCUT2D eigenvalue weighted by Crippen LogP contribution is -2.25. The van der Waals surface area contributed by atoms with Crippen molar-refractivity contribution >= 4 is 5.78 Å². The third-order valence-electron chi connectivity index (χ3n) is 4.83. The molecule has 2 aromatic heterocycles. The quantitative estimate of drug-likeness (QED) is 0.505. The van der Waals surface area contributed by atoms with Gasteiger partial charge in [0.05, 0.1) is 18.7 Å². The molecule has 3 heterocycles. The Hall–Kier alpha value is -3.41. The molecule has 2 atom stereocenters. The topological polar surface area (TPSA) is 111 Å². The summed E-state index contributed by atoms with van der Waals surface area (Å²) in [5, 5.41) is 24.1. The van der Waals surface area contributed by atoms with E-state index in [0.717, 1.165) is 0 Å². The molecular formula is C22H21N3O5. The molecule has 2 unspecified atom stereocenters. The molecular weight excluding hydrogens is 386 g/mol. The predicted molar refractivity (Wildman–Crippen MR) is 107 cm³/mol. The van der Waals surface area contributed by atoms with Crippen LogP contribution in [0.1, 0.15) is 41.4 Å². The number of carbonyl (C=O) groups excluding carboxylic acids is 1. The lowest BCUT2D eigenvalue weighted by molar-refractivity contribution is 0.100. The van der Waals surface area contributed by atoms with Crippen molar-refractivity contribution in [2.75, 3.05) is 6.61 Å². The van der Waals surface area contributed by atoms with Crippen LogP contribution in [0.3, 0.4) is 0 Å². The van der Waals surface area contributed by atoms with Crippen molar-refractivity contribution in [2.45, 2.75) is 39.0 Å². The second kappa shape index (κ2) is 7.44. The molecule has 4 rings (SSSR count). The number of benzene rings is 1. The number of hydrogen-bond acceptors (Lipinski definition) is 7. The van der Waals surface area contributed by atoms with Crippen molar-refractivity contribution < 1.29 is 24.3 Å². The highest BCUT2D eigenvalue weighted by Gasteiger charge is 2.26. The van der Waals surface area contributed by atoms with Crippen LogP contribution in [0, 0.1) is 18.8 Å². The van der Waals surface area contributed by atoms with E-state index in [1.54, 1.807) is 48.9 Å². The smallest absolute Gasteiger partial charge is 0.179 e. The van der Waals surface area contributed by atoms with Crippen LogP contribution >= 0.6 is 0 Å². The highest BCUT2D eigenvalue weighted by atomic mass is 16.5. The monoisotopic (exact) mass is 407 g/mol. The van der Waals surface area contributed by atoms with Gasteiger partial charge in [-0.25, -0.2) is 4.98 Å². The molecule has 0 aliphatic carbocycles. The first-order chi connectivity index (χ1) is 14.3. The van der Waals surface area contributed by atoms with Gasteiger partial charge in [0.25, 0.3) is 0 Å². The molecule has 154 valence electrons. The summed E-state index contributed by atoms with van der Waals surface area (Å²) < 4.78 is 12.7. The zero-order valence-corrected chi connectivity index (χ0v) is 16.8. The van der Waals surface area contributed by atoms with Crippen molar-refractivity contribution in [3.05, 3.63) is 53.2 Å². The first-order valence-corrected chi connectivity index (χ1v) is 9.46. The van der Waals surface area contributed by atoms with E-state index in [4.69, 9.17) is 9.26 Å².